The number of nitrogens with one attached hydrogen (secondary N) is 2. The van der Waals surface area contributed by atoms with Crippen molar-refractivity contribution in [3.63, 3.8) is 0 Å². The Balaban J connectivity index is 1.79. The van der Waals surface area contributed by atoms with E-state index >= 15 is 0 Å². The Kier molecular flexibility index (Phi) is 4.75. The van der Waals surface area contributed by atoms with Crippen LogP contribution in [0.2, 0.25) is 0 Å². The molecule has 0 aliphatic rings. The monoisotopic (exact) mass is 418 g/mol. The molecule has 0 atom stereocenters. The summed E-state index contributed by atoms with van der Waals surface area (Å²) in [6.45, 7) is 0. The maximum Gasteiger partial charge on any atom is 0.0991 e. The fraction of sp³-hybridized carbons (Fsp3) is 0.0769. The number of fused-ring (bicyclic) bond motifs is 2. The fourth-order valence-corrected chi connectivity index (χ4v) is 4.63. The molecule has 0 amide bonds. The topological polar surface area (TPSA) is 79.2 Å². The van der Waals surface area contributed by atoms with Crippen molar-refractivity contribution < 1.29 is 0 Å². The van der Waals surface area contributed by atoms with Crippen LogP contribution in [0.3, 0.4) is 0 Å². The molecule has 2 N–H and O–H groups in total. The highest BCUT2D eigenvalue weighted by Crippen LogP contribution is 2.40. The molecule has 0 radical (unpaired) electrons. The van der Waals surface area contributed by atoms with Gasteiger partial charge in [0.05, 0.1) is 23.3 Å². The summed E-state index contributed by atoms with van der Waals surface area (Å²) in [5, 5.41) is 20.9. The number of aromatic nitrogens is 2. The summed E-state index contributed by atoms with van der Waals surface area (Å²) in [6.07, 6.45) is 6.14. The lowest BCUT2D eigenvalue weighted by molar-refractivity contribution is 0.994. The number of hydrogen-bond donors (Lipinski definition) is 2. The average molecular weight is 419 g/mol. The Morgan fingerprint density at radius 2 is 1.26 bits per heavy atom. The minimum atomic E-state index is -0.0544. The van der Waals surface area contributed by atoms with Crippen LogP contribution >= 0.6 is 11.8 Å². The first-order chi connectivity index (χ1) is 15.2. The number of nitriles is 2. The van der Waals surface area contributed by atoms with Gasteiger partial charge in [0.25, 0.3) is 0 Å². The van der Waals surface area contributed by atoms with E-state index in [4.69, 9.17) is 0 Å². The Morgan fingerprint density at radius 1 is 0.742 bits per heavy atom. The standard InChI is InChI=1S/C26H18N4S/c1-31-19-6-4-18(5-7-19)26(22-14-29-24-8-2-16(12-27)10-20(22)24)23-15-30-25-9-3-17(13-28)11-21(23)25/h2-11,14-15,26,29-30H,1H3. The van der Waals surface area contributed by atoms with Crippen LogP contribution in [-0.2, 0) is 0 Å². The smallest absolute Gasteiger partial charge is 0.0991 e. The van der Waals surface area contributed by atoms with Gasteiger partial charge in [0, 0.05) is 45.0 Å². The molecule has 4 nitrogen and oxygen atoms in total. The molecular weight excluding hydrogens is 400 g/mol. The first kappa shape index (κ1) is 19.1. The van der Waals surface area contributed by atoms with Gasteiger partial charge < -0.3 is 9.97 Å². The zero-order valence-corrected chi connectivity index (χ0v) is 17.6. The van der Waals surface area contributed by atoms with Crippen molar-refractivity contribution in [3.8, 4) is 12.1 Å². The third kappa shape index (κ3) is 3.26. The SMILES string of the molecule is CSc1ccc(C(c2c[nH]c3ccc(C#N)cc23)c2c[nH]c3ccc(C#N)cc23)cc1. The summed E-state index contributed by atoms with van der Waals surface area (Å²) in [4.78, 5) is 7.94. The van der Waals surface area contributed by atoms with Gasteiger partial charge in [-0.15, -0.1) is 11.8 Å². The summed E-state index contributed by atoms with van der Waals surface area (Å²) >= 11 is 1.71. The first-order valence-electron chi connectivity index (χ1n) is 9.88. The number of aromatic amines is 2. The highest BCUT2D eigenvalue weighted by Gasteiger charge is 2.23. The number of rotatable bonds is 4. The van der Waals surface area contributed by atoms with Crippen molar-refractivity contribution >= 4 is 33.6 Å². The first-order valence-corrected chi connectivity index (χ1v) is 11.1. The van der Waals surface area contributed by atoms with Crippen molar-refractivity contribution in [3.05, 3.63) is 101 Å². The van der Waals surface area contributed by atoms with Gasteiger partial charge in [-0.2, -0.15) is 10.5 Å². The summed E-state index contributed by atoms with van der Waals surface area (Å²) in [6, 6.07) is 24.6. The number of H-pyrrole nitrogens is 2. The summed E-state index contributed by atoms with van der Waals surface area (Å²) in [5.74, 6) is -0.0544. The molecule has 5 aromatic rings. The van der Waals surface area contributed by atoms with Crippen LogP contribution in [0.5, 0.6) is 0 Å². The van der Waals surface area contributed by atoms with Crippen molar-refractivity contribution in [1.29, 1.82) is 10.5 Å². The minimum Gasteiger partial charge on any atom is -0.361 e. The third-order valence-electron chi connectivity index (χ3n) is 5.76. The molecule has 0 aliphatic heterocycles. The van der Waals surface area contributed by atoms with Gasteiger partial charge in [0.2, 0.25) is 0 Å². The summed E-state index contributed by atoms with van der Waals surface area (Å²) in [5.41, 5.74) is 6.63. The lowest BCUT2D eigenvalue weighted by atomic mass is 9.84. The number of benzene rings is 3. The van der Waals surface area contributed by atoms with E-state index in [1.807, 2.05) is 48.8 Å². The maximum atomic E-state index is 9.42. The van der Waals surface area contributed by atoms with E-state index in [9.17, 15) is 10.5 Å². The molecule has 0 fully saturated rings. The lowest BCUT2D eigenvalue weighted by Crippen LogP contribution is -2.02. The van der Waals surface area contributed by atoms with Gasteiger partial charge in [-0.05, 0) is 71.5 Å². The van der Waals surface area contributed by atoms with Crippen LogP contribution < -0.4 is 0 Å². The third-order valence-corrected chi connectivity index (χ3v) is 6.50. The molecule has 0 spiro atoms. The summed E-state index contributed by atoms with van der Waals surface area (Å²) < 4.78 is 0. The van der Waals surface area contributed by atoms with Crippen LogP contribution in [-0.4, -0.2) is 16.2 Å². The molecule has 0 unspecified atom stereocenters. The second kappa shape index (κ2) is 7.72. The molecule has 3 aromatic carbocycles. The van der Waals surface area contributed by atoms with E-state index in [2.05, 4.69) is 52.6 Å². The predicted octanol–water partition coefficient (Wildman–Crippen LogP) is 6.29. The molecule has 5 heteroatoms. The lowest BCUT2D eigenvalue weighted by Gasteiger charge is -2.18. The van der Waals surface area contributed by atoms with E-state index in [1.165, 1.54) is 4.90 Å². The minimum absolute atomic E-state index is 0.0544. The molecule has 31 heavy (non-hydrogen) atoms. The molecule has 0 bridgehead atoms. The highest BCUT2D eigenvalue weighted by molar-refractivity contribution is 7.98. The maximum absolute atomic E-state index is 9.42. The molecule has 0 aliphatic carbocycles. The quantitative estimate of drug-likeness (QED) is 0.336. The second-order valence-corrected chi connectivity index (χ2v) is 8.32. The Morgan fingerprint density at radius 3 is 1.71 bits per heavy atom. The highest BCUT2D eigenvalue weighted by atomic mass is 32.2. The van der Waals surface area contributed by atoms with Gasteiger partial charge in [-0.25, -0.2) is 0 Å². The van der Waals surface area contributed by atoms with Crippen LogP contribution in [0.25, 0.3) is 21.8 Å². The molecular formula is C26H18N4S. The largest absolute Gasteiger partial charge is 0.361 e. The van der Waals surface area contributed by atoms with Crippen LogP contribution in [0.15, 0.2) is 78.0 Å². The zero-order chi connectivity index (χ0) is 21.4. The van der Waals surface area contributed by atoms with Gasteiger partial charge in [0.15, 0.2) is 0 Å². The van der Waals surface area contributed by atoms with Crippen LogP contribution in [0.4, 0.5) is 0 Å². The van der Waals surface area contributed by atoms with E-state index < -0.39 is 0 Å². The normalized spacial score (nSPS) is 11.1. The van der Waals surface area contributed by atoms with Crippen molar-refractivity contribution in [2.24, 2.45) is 0 Å². The van der Waals surface area contributed by atoms with E-state index in [0.29, 0.717) is 11.1 Å². The molecule has 0 saturated heterocycles. The van der Waals surface area contributed by atoms with Gasteiger partial charge in [-0.3, -0.25) is 0 Å². The molecule has 0 saturated carbocycles. The van der Waals surface area contributed by atoms with Crippen molar-refractivity contribution in [1.82, 2.24) is 9.97 Å². The predicted molar refractivity (Wildman–Crippen MR) is 125 cm³/mol. The Hall–Kier alpha value is -3.93. The zero-order valence-electron chi connectivity index (χ0n) is 16.8. The second-order valence-electron chi connectivity index (χ2n) is 7.44. The van der Waals surface area contributed by atoms with Crippen molar-refractivity contribution in [2.45, 2.75) is 10.8 Å². The summed E-state index contributed by atoms with van der Waals surface area (Å²) in [7, 11) is 0. The molecule has 2 heterocycles. The van der Waals surface area contributed by atoms with Gasteiger partial charge in [0.1, 0.15) is 0 Å². The van der Waals surface area contributed by atoms with E-state index in [0.717, 1.165) is 38.5 Å². The van der Waals surface area contributed by atoms with E-state index in [1.54, 1.807) is 11.8 Å². The molecule has 5 rings (SSSR count). The van der Waals surface area contributed by atoms with Crippen LogP contribution in [0, 0.1) is 22.7 Å². The molecule has 2 aromatic heterocycles. The number of thioether (sulfide) groups is 1. The van der Waals surface area contributed by atoms with Crippen LogP contribution in [0.1, 0.15) is 33.7 Å². The number of nitrogens with zero attached hydrogens (tertiary/aromatic N) is 2. The number of hydrogen-bond acceptors (Lipinski definition) is 3. The molecule has 148 valence electrons. The Bertz CT molecular complexity index is 1400. The Labute approximate surface area is 184 Å². The van der Waals surface area contributed by atoms with Gasteiger partial charge >= 0.3 is 0 Å². The fourth-order valence-electron chi connectivity index (χ4n) is 4.22. The van der Waals surface area contributed by atoms with E-state index in [-0.39, 0.29) is 5.92 Å². The van der Waals surface area contributed by atoms with Crippen molar-refractivity contribution in [2.75, 3.05) is 6.26 Å². The van der Waals surface area contributed by atoms with Gasteiger partial charge in [-0.1, -0.05) is 12.1 Å². The average Bonchev–Trinajstić information content (AvgIpc) is 3.43.